The molecule has 0 bridgehead atoms. The van der Waals surface area contributed by atoms with Gasteiger partial charge in [-0.2, -0.15) is 0 Å². The lowest BCUT2D eigenvalue weighted by Gasteiger charge is -2.26. The van der Waals surface area contributed by atoms with Gasteiger partial charge in [-0.3, -0.25) is 9.69 Å². The first kappa shape index (κ1) is 19.5. The van der Waals surface area contributed by atoms with Crippen molar-refractivity contribution in [1.29, 1.82) is 0 Å². The largest absolute Gasteiger partial charge is 0.497 e. The first-order chi connectivity index (χ1) is 15.2. The molecule has 9 heteroatoms. The van der Waals surface area contributed by atoms with Crippen LogP contribution in [0.25, 0.3) is 33.6 Å². The number of imidazole rings is 1. The SMILES string of the molecule is COc1ccc2[nH]c(=O)c(-c3nc4ccc(OCCN5CCOCC5)cc4[nH]3)nc2c1. The molecule has 1 saturated heterocycles. The van der Waals surface area contributed by atoms with E-state index in [0.717, 1.165) is 49.6 Å². The summed E-state index contributed by atoms with van der Waals surface area (Å²) in [5.74, 6) is 1.83. The lowest BCUT2D eigenvalue weighted by atomic mass is 10.2. The highest BCUT2D eigenvalue weighted by Crippen LogP contribution is 2.23. The van der Waals surface area contributed by atoms with Crippen LogP contribution in [-0.2, 0) is 4.74 Å². The predicted molar refractivity (Wildman–Crippen MR) is 117 cm³/mol. The van der Waals surface area contributed by atoms with Gasteiger partial charge in [-0.05, 0) is 24.3 Å². The number of H-pyrrole nitrogens is 2. The molecule has 1 fully saturated rings. The lowest BCUT2D eigenvalue weighted by Crippen LogP contribution is -2.38. The zero-order valence-corrected chi connectivity index (χ0v) is 17.2. The summed E-state index contributed by atoms with van der Waals surface area (Å²) in [5.41, 5.74) is 2.71. The summed E-state index contributed by atoms with van der Waals surface area (Å²) in [6.07, 6.45) is 0. The number of hydrogen-bond donors (Lipinski definition) is 2. The fourth-order valence-corrected chi connectivity index (χ4v) is 3.66. The maximum absolute atomic E-state index is 12.6. The number of rotatable bonds is 6. The number of methoxy groups -OCH3 is 1. The zero-order chi connectivity index (χ0) is 21.2. The zero-order valence-electron chi connectivity index (χ0n) is 17.2. The van der Waals surface area contributed by atoms with Gasteiger partial charge in [-0.15, -0.1) is 0 Å². The molecule has 3 heterocycles. The van der Waals surface area contributed by atoms with Gasteiger partial charge in [0.05, 0.1) is 42.4 Å². The summed E-state index contributed by atoms with van der Waals surface area (Å²) in [6, 6.07) is 11.0. The number of nitrogens with one attached hydrogen (secondary N) is 2. The van der Waals surface area contributed by atoms with Crippen molar-refractivity contribution in [1.82, 2.24) is 24.8 Å². The number of hydrogen-bond acceptors (Lipinski definition) is 7. The third-order valence-electron chi connectivity index (χ3n) is 5.36. The van der Waals surface area contributed by atoms with Gasteiger partial charge in [0.2, 0.25) is 0 Å². The van der Waals surface area contributed by atoms with E-state index in [1.807, 2.05) is 18.2 Å². The molecule has 2 N–H and O–H groups in total. The van der Waals surface area contributed by atoms with E-state index in [1.54, 1.807) is 25.3 Å². The Labute approximate surface area is 178 Å². The van der Waals surface area contributed by atoms with E-state index in [0.29, 0.717) is 29.2 Å². The van der Waals surface area contributed by atoms with Crippen LogP contribution in [0.4, 0.5) is 0 Å². The Kier molecular flexibility index (Phi) is 5.27. The summed E-state index contributed by atoms with van der Waals surface area (Å²) in [7, 11) is 1.59. The number of aromatic nitrogens is 4. The Morgan fingerprint density at radius 1 is 1.00 bits per heavy atom. The van der Waals surface area contributed by atoms with Gasteiger partial charge in [0.25, 0.3) is 5.56 Å². The van der Waals surface area contributed by atoms with E-state index in [2.05, 4.69) is 24.8 Å². The third-order valence-corrected chi connectivity index (χ3v) is 5.36. The van der Waals surface area contributed by atoms with Crippen LogP contribution in [0, 0.1) is 0 Å². The molecule has 0 spiro atoms. The van der Waals surface area contributed by atoms with E-state index in [9.17, 15) is 4.79 Å². The molecule has 0 aliphatic carbocycles. The molecular weight excluding hydrogens is 398 g/mol. The first-order valence-electron chi connectivity index (χ1n) is 10.2. The molecule has 0 saturated carbocycles. The van der Waals surface area contributed by atoms with Crippen LogP contribution in [0.2, 0.25) is 0 Å². The van der Waals surface area contributed by atoms with E-state index in [-0.39, 0.29) is 11.3 Å². The van der Waals surface area contributed by atoms with Crippen LogP contribution in [0.15, 0.2) is 41.2 Å². The summed E-state index contributed by atoms with van der Waals surface area (Å²) in [6.45, 7) is 4.88. The lowest BCUT2D eigenvalue weighted by molar-refractivity contribution is 0.0322. The van der Waals surface area contributed by atoms with Gasteiger partial charge in [0.15, 0.2) is 11.5 Å². The van der Waals surface area contributed by atoms with Crippen LogP contribution < -0.4 is 15.0 Å². The van der Waals surface area contributed by atoms with E-state index in [1.165, 1.54) is 0 Å². The minimum atomic E-state index is -0.307. The van der Waals surface area contributed by atoms with E-state index >= 15 is 0 Å². The van der Waals surface area contributed by atoms with Gasteiger partial charge in [-0.25, -0.2) is 9.97 Å². The fraction of sp³-hybridized carbons (Fsp3) is 0.318. The molecule has 5 rings (SSSR count). The van der Waals surface area contributed by atoms with Crippen LogP contribution in [0.1, 0.15) is 0 Å². The molecular formula is C22H23N5O4. The highest BCUT2D eigenvalue weighted by Gasteiger charge is 2.14. The van der Waals surface area contributed by atoms with Crippen LogP contribution in [-0.4, -0.2) is 71.4 Å². The smallest absolute Gasteiger partial charge is 0.278 e. The Balaban J connectivity index is 1.38. The van der Waals surface area contributed by atoms with Crippen molar-refractivity contribution in [3.8, 4) is 23.0 Å². The molecule has 9 nitrogen and oxygen atoms in total. The summed E-state index contributed by atoms with van der Waals surface area (Å²) in [5, 5.41) is 0. The minimum Gasteiger partial charge on any atom is -0.497 e. The van der Waals surface area contributed by atoms with Crippen LogP contribution in [0.3, 0.4) is 0 Å². The maximum atomic E-state index is 12.6. The van der Waals surface area contributed by atoms with Crippen molar-refractivity contribution in [2.45, 2.75) is 0 Å². The second-order valence-corrected chi connectivity index (χ2v) is 7.36. The van der Waals surface area contributed by atoms with E-state index in [4.69, 9.17) is 14.2 Å². The minimum absolute atomic E-state index is 0.228. The van der Waals surface area contributed by atoms with Crippen molar-refractivity contribution in [3.63, 3.8) is 0 Å². The molecule has 2 aromatic carbocycles. The normalized spacial score (nSPS) is 14.9. The number of benzene rings is 2. The molecule has 0 unspecified atom stereocenters. The highest BCUT2D eigenvalue weighted by atomic mass is 16.5. The molecule has 160 valence electrons. The Morgan fingerprint density at radius 2 is 1.84 bits per heavy atom. The van der Waals surface area contributed by atoms with Crippen molar-refractivity contribution < 1.29 is 14.2 Å². The van der Waals surface area contributed by atoms with Crippen LogP contribution in [0.5, 0.6) is 11.5 Å². The first-order valence-corrected chi connectivity index (χ1v) is 10.2. The van der Waals surface area contributed by atoms with Gasteiger partial charge in [0, 0.05) is 31.8 Å². The maximum Gasteiger partial charge on any atom is 0.278 e. The summed E-state index contributed by atoms with van der Waals surface area (Å²) >= 11 is 0. The second kappa shape index (κ2) is 8.37. The molecule has 0 atom stereocenters. The highest BCUT2D eigenvalue weighted by molar-refractivity contribution is 5.82. The second-order valence-electron chi connectivity index (χ2n) is 7.36. The van der Waals surface area contributed by atoms with Gasteiger partial charge in [0.1, 0.15) is 18.1 Å². The molecule has 1 aliphatic heterocycles. The quantitative estimate of drug-likeness (QED) is 0.492. The monoisotopic (exact) mass is 421 g/mol. The predicted octanol–water partition coefficient (Wildman–Crippen LogP) is 2.19. The standard InChI is InChI=1S/C22H23N5O4/c1-29-14-2-4-17-18(12-14)23-20(22(28)26-17)21-24-16-5-3-15(13-19(16)25-21)31-11-8-27-6-9-30-10-7-27/h2-5,12-13H,6-11H2,1H3,(H,24,25)(H,26,28). The molecule has 1 aliphatic rings. The molecule has 31 heavy (non-hydrogen) atoms. The molecule has 0 radical (unpaired) electrons. The Morgan fingerprint density at radius 3 is 2.68 bits per heavy atom. The van der Waals surface area contributed by atoms with Crippen LogP contribution >= 0.6 is 0 Å². The number of nitrogens with zero attached hydrogens (tertiary/aromatic N) is 3. The molecule has 2 aromatic heterocycles. The average molecular weight is 421 g/mol. The van der Waals surface area contributed by atoms with Crippen molar-refractivity contribution in [2.75, 3.05) is 46.6 Å². The molecule has 4 aromatic rings. The van der Waals surface area contributed by atoms with Crippen molar-refractivity contribution in [3.05, 3.63) is 46.8 Å². The Bertz CT molecular complexity index is 1280. The number of fused-ring (bicyclic) bond motifs is 2. The van der Waals surface area contributed by atoms with Crippen molar-refractivity contribution >= 4 is 22.1 Å². The summed E-state index contributed by atoms with van der Waals surface area (Å²) in [4.78, 5) is 30.0. The van der Waals surface area contributed by atoms with Gasteiger partial charge in [-0.1, -0.05) is 0 Å². The number of morpholine rings is 1. The topological polar surface area (TPSA) is 105 Å². The summed E-state index contributed by atoms with van der Waals surface area (Å²) < 4.78 is 16.5. The van der Waals surface area contributed by atoms with Crippen molar-refractivity contribution in [2.24, 2.45) is 0 Å². The third kappa shape index (κ3) is 4.10. The fourth-order valence-electron chi connectivity index (χ4n) is 3.66. The molecule has 0 amide bonds. The van der Waals surface area contributed by atoms with E-state index < -0.39 is 0 Å². The average Bonchev–Trinajstić information content (AvgIpc) is 3.22. The number of ether oxygens (including phenoxy) is 3. The van der Waals surface area contributed by atoms with Gasteiger partial charge < -0.3 is 24.2 Å². The Hall–Kier alpha value is -3.43. The van der Waals surface area contributed by atoms with Gasteiger partial charge >= 0.3 is 0 Å². The number of aromatic amines is 2.